The van der Waals surface area contributed by atoms with E-state index >= 15 is 0 Å². The molecule has 1 aliphatic rings. The first-order chi connectivity index (χ1) is 15.5. The normalized spacial score (nSPS) is 15.0. The number of fused-ring (bicyclic) bond motifs is 1. The van der Waals surface area contributed by atoms with Crippen LogP contribution in [-0.4, -0.2) is 17.3 Å². The molecule has 2 heterocycles. The number of hydrogen-bond donors (Lipinski definition) is 2. The van der Waals surface area contributed by atoms with Crippen molar-refractivity contribution in [3.63, 3.8) is 0 Å². The van der Waals surface area contributed by atoms with Crippen molar-refractivity contribution in [2.24, 2.45) is 5.73 Å². The molecule has 3 N–H and O–H groups in total. The van der Waals surface area contributed by atoms with E-state index in [0.717, 1.165) is 35.2 Å². The van der Waals surface area contributed by atoms with Gasteiger partial charge in [0.05, 0.1) is 13.0 Å². The van der Waals surface area contributed by atoms with Crippen molar-refractivity contribution in [1.82, 2.24) is 10.2 Å². The summed E-state index contributed by atoms with van der Waals surface area (Å²) in [6, 6.07) is 15.3. The molecule has 1 atom stereocenters. The molecule has 3 aromatic rings. The molecule has 1 aliphatic heterocycles. The third kappa shape index (κ3) is 4.10. The lowest BCUT2D eigenvalue weighted by Gasteiger charge is -2.24. The molecule has 2 aromatic carbocycles. The fourth-order valence-corrected chi connectivity index (χ4v) is 3.93. The number of ether oxygens (including phenoxy) is 3. The van der Waals surface area contributed by atoms with E-state index in [1.54, 1.807) is 7.11 Å². The Balaban J connectivity index is 1.69. The fraction of sp³-hybridized carbons (Fsp3) is 0.250. The lowest BCUT2D eigenvalue weighted by molar-refractivity contribution is 0.284. The molecule has 8 heteroatoms. The van der Waals surface area contributed by atoms with Crippen LogP contribution in [0.2, 0.25) is 5.02 Å². The summed E-state index contributed by atoms with van der Waals surface area (Å²) >= 11 is 5.95. The summed E-state index contributed by atoms with van der Waals surface area (Å²) in [6.07, 6.45) is 1.70. The Bertz CT molecular complexity index is 1190. The molecular weight excluding hydrogens is 428 g/mol. The molecule has 1 unspecified atom stereocenters. The Morgan fingerprint density at radius 2 is 2.00 bits per heavy atom. The molecule has 0 saturated carbocycles. The van der Waals surface area contributed by atoms with Crippen LogP contribution in [0.15, 0.2) is 53.9 Å². The van der Waals surface area contributed by atoms with Gasteiger partial charge in [-0.1, -0.05) is 43.1 Å². The van der Waals surface area contributed by atoms with E-state index in [4.69, 9.17) is 31.5 Å². The minimum absolute atomic E-state index is 0.0570. The second-order valence-electron chi connectivity index (χ2n) is 7.42. The molecule has 1 aromatic heterocycles. The second-order valence-corrected chi connectivity index (χ2v) is 7.86. The standard InChI is InChI=1S/C24H23ClN4O3/c1-3-4-18-22-21(17(12-26)23(27)32-24(22)29-28-18)15-7-10-19(20(11-15)30-2)31-13-14-5-8-16(25)9-6-14/h5-11,21H,3-4,13,27H2,1-2H3,(H,28,29). The Hall–Kier alpha value is -3.63. The van der Waals surface area contributed by atoms with E-state index in [0.29, 0.717) is 34.6 Å². The Labute approximate surface area is 191 Å². The van der Waals surface area contributed by atoms with Crippen molar-refractivity contribution in [2.75, 3.05) is 7.11 Å². The van der Waals surface area contributed by atoms with Gasteiger partial charge in [-0.15, -0.1) is 5.10 Å². The zero-order valence-electron chi connectivity index (χ0n) is 17.8. The van der Waals surface area contributed by atoms with Crippen LogP contribution in [0.3, 0.4) is 0 Å². The van der Waals surface area contributed by atoms with Gasteiger partial charge in [-0.2, -0.15) is 5.26 Å². The first kappa shape index (κ1) is 21.6. The number of methoxy groups -OCH3 is 1. The number of aromatic amines is 1. The van der Waals surface area contributed by atoms with E-state index in [-0.39, 0.29) is 5.88 Å². The van der Waals surface area contributed by atoms with Crippen LogP contribution in [0, 0.1) is 11.3 Å². The van der Waals surface area contributed by atoms with Crippen molar-refractivity contribution in [2.45, 2.75) is 32.3 Å². The Morgan fingerprint density at radius 3 is 2.69 bits per heavy atom. The number of aromatic nitrogens is 2. The van der Waals surface area contributed by atoms with E-state index in [2.05, 4.69) is 23.2 Å². The van der Waals surface area contributed by atoms with Crippen molar-refractivity contribution < 1.29 is 14.2 Å². The Kier molecular flexibility index (Phi) is 6.24. The van der Waals surface area contributed by atoms with Gasteiger partial charge in [0.2, 0.25) is 11.8 Å². The van der Waals surface area contributed by atoms with Gasteiger partial charge < -0.3 is 19.9 Å². The van der Waals surface area contributed by atoms with E-state index in [1.807, 2.05) is 42.5 Å². The number of nitriles is 1. The van der Waals surface area contributed by atoms with Crippen LogP contribution in [0.4, 0.5) is 0 Å². The summed E-state index contributed by atoms with van der Waals surface area (Å²) in [5, 5.41) is 17.8. The first-order valence-corrected chi connectivity index (χ1v) is 10.6. The number of H-pyrrole nitrogens is 1. The molecule has 0 radical (unpaired) electrons. The average Bonchev–Trinajstić information content (AvgIpc) is 3.20. The third-order valence-corrected chi connectivity index (χ3v) is 5.60. The molecule has 0 amide bonds. The summed E-state index contributed by atoms with van der Waals surface area (Å²) in [5.74, 6) is 1.19. The minimum Gasteiger partial charge on any atom is -0.493 e. The predicted molar refractivity (Wildman–Crippen MR) is 121 cm³/mol. The number of aryl methyl sites for hydroxylation is 1. The highest BCUT2D eigenvalue weighted by molar-refractivity contribution is 6.30. The van der Waals surface area contributed by atoms with Crippen LogP contribution in [0.1, 0.15) is 41.6 Å². The molecule has 4 rings (SSSR count). The molecule has 0 spiro atoms. The maximum absolute atomic E-state index is 9.82. The molecular formula is C24H23ClN4O3. The topological polar surface area (TPSA) is 106 Å². The van der Waals surface area contributed by atoms with E-state index in [9.17, 15) is 5.26 Å². The number of hydrogen-bond acceptors (Lipinski definition) is 6. The van der Waals surface area contributed by atoms with Gasteiger partial charge >= 0.3 is 0 Å². The number of benzene rings is 2. The predicted octanol–water partition coefficient (Wildman–Crippen LogP) is 4.82. The molecule has 32 heavy (non-hydrogen) atoms. The van der Waals surface area contributed by atoms with Gasteiger partial charge in [-0.05, 0) is 41.8 Å². The maximum Gasteiger partial charge on any atom is 0.244 e. The van der Waals surface area contributed by atoms with Crippen LogP contribution in [0.25, 0.3) is 0 Å². The molecule has 7 nitrogen and oxygen atoms in total. The largest absolute Gasteiger partial charge is 0.493 e. The SMILES string of the molecule is CCCc1[nH]nc2c1C(c1ccc(OCc3ccc(Cl)cc3)c(OC)c1)C(C#N)=C(N)O2. The smallest absolute Gasteiger partial charge is 0.244 e. The molecule has 164 valence electrons. The highest BCUT2D eigenvalue weighted by Gasteiger charge is 2.35. The van der Waals surface area contributed by atoms with Crippen LogP contribution in [0.5, 0.6) is 17.4 Å². The quantitative estimate of drug-likeness (QED) is 0.534. The number of halogens is 1. The molecule has 0 bridgehead atoms. The number of nitrogens with zero attached hydrogens (tertiary/aromatic N) is 2. The monoisotopic (exact) mass is 450 g/mol. The van der Waals surface area contributed by atoms with Crippen LogP contribution < -0.4 is 19.9 Å². The molecule has 0 saturated heterocycles. The number of allylic oxidation sites excluding steroid dienone is 1. The van der Waals surface area contributed by atoms with Crippen molar-refractivity contribution in [3.05, 3.63) is 81.3 Å². The highest BCUT2D eigenvalue weighted by atomic mass is 35.5. The van der Waals surface area contributed by atoms with E-state index in [1.165, 1.54) is 0 Å². The average molecular weight is 451 g/mol. The summed E-state index contributed by atoms with van der Waals surface area (Å²) in [4.78, 5) is 0. The lowest BCUT2D eigenvalue weighted by Crippen LogP contribution is -2.21. The summed E-state index contributed by atoms with van der Waals surface area (Å²) < 4.78 is 17.2. The van der Waals surface area contributed by atoms with Gasteiger partial charge in [-0.25, -0.2) is 0 Å². The zero-order chi connectivity index (χ0) is 22.7. The van der Waals surface area contributed by atoms with Crippen LogP contribution in [-0.2, 0) is 13.0 Å². The van der Waals surface area contributed by atoms with Gasteiger partial charge in [0.25, 0.3) is 0 Å². The van der Waals surface area contributed by atoms with Crippen molar-refractivity contribution in [3.8, 4) is 23.4 Å². The van der Waals surface area contributed by atoms with Gasteiger partial charge in [0, 0.05) is 16.3 Å². The van der Waals surface area contributed by atoms with Gasteiger partial charge in [0.15, 0.2) is 11.5 Å². The first-order valence-electron chi connectivity index (χ1n) is 10.3. The third-order valence-electron chi connectivity index (χ3n) is 5.35. The van der Waals surface area contributed by atoms with Gasteiger partial charge in [-0.3, -0.25) is 5.10 Å². The molecule has 0 aliphatic carbocycles. The fourth-order valence-electron chi connectivity index (χ4n) is 3.81. The number of nitrogens with one attached hydrogen (secondary N) is 1. The minimum atomic E-state index is -0.414. The number of rotatable bonds is 7. The summed E-state index contributed by atoms with van der Waals surface area (Å²) in [5.41, 5.74) is 9.97. The van der Waals surface area contributed by atoms with E-state index < -0.39 is 5.92 Å². The lowest BCUT2D eigenvalue weighted by atomic mass is 9.83. The highest BCUT2D eigenvalue weighted by Crippen LogP contribution is 2.45. The number of nitrogens with two attached hydrogens (primary N) is 1. The Morgan fingerprint density at radius 1 is 1.22 bits per heavy atom. The van der Waals surface area contributed by atoms with Crippen LogP contribution >= 0.6 is 11.6 Å². The summed E-state index contributed by atoms with van der Waals surface area (Å²) in [6.45, 7) is 2.45. The van der Waals surface area contributed by atoms with Gasteiger partial charge in [0.1, 0.15) is 18.2 Å². The maximum atomic E-state index is 9.82. The van der Waals surface area contributed by atoms with Crippen molar-refractivity contribution >= 4 is 11.6 Å². The summed E-state index contributed by atoms with van der Waals surface area (Å²) in [7, 11) is 1.58. The second kappa shape index (κ2) is 9.25. The zero-order valence-corrected chi connectivity index (χ0v) is 18.6. The molecule has 0 fully saturated rings. The van der Waals surface area contributed by atoms with Crippen molar-refractivity contribution in [1.29, 1.82) is 5.26 Å².